The van der Waals surface area contributed by atoms with Crippen LogP contribution in [-0.4, -0.2) is 0 Å². The fraction of sp³-hybridized carbons (Fsp3) is 0.556. The second-order valence-corrected chi connectivity index (χ2v) is 4.29. The van der Waals surface area contributed by atoms with Crippen molar-refractivity contribution in [3.8, 4) is 0 Å². The zero-order valence-corrected chi connectivity index (χ0v) is 7.58. The van der Waals surface area contributed by atoms with Crippen molar-refractivity contribution >= 4 is 11.3 Å². The molecule has 1 aliphatic rings. The molecule has 0 saturated heterocycles. The van der Waals surface area contributed by atoms with Gasteiger partial charge in [0.1, 0.15) is 0 Å². The van der Waals surface area contributed by atoms with E-state index in [1.54, 1.807) is 5.56 Å². The van der Waals surface area contributed by atoms with Crippen molar-refractivity contribution < 1.29 is 0 Å². The number of thiophene rings is 1. The molecule has 0 aromatic carbocycles. The molecular formula is C9H13NS. The Morgan fingerprint density at radius 1 is 1.64 bits per heavy atom. The van der Waals surface area contributed by atoms with Crippen LogP contribution >= 0.6 is 11.3 Å². The average molecular weight is 167 g/mol. The van der Waals surface area contributed by atoms with Crippen molar-refractivity contribution in [1.29, 1.82) is 0 Å². The molecule has 60 valence electrons. The summed E-state index contributed by atoms with van der Waals surface area (Å²) in [6.45, 7) is 2.92. The van der Waals surface area contributed by atoms with Crippen molar-refractivity contribution in [2.24, 2.45) is 5.73 Å². The summed E-state index contributed by atoms with van der Waals surface area (Å²) in [5.74, 6) is 0.861. The molecular weight excluding hydrogens is 154 g/mol. The summed E-state index contributed by atoms with van der Waals surface area (Å²) in [6, 6.07) is 0. The maximum Gasteiger partial charge on any atom is 0.0189 e. The molecule has 0 amide bonds. The Morgan fingerprint density at radius 2 is 2.36 bits per heavy atom. The van der Waals surface area contributed by atoms with Gasteiger partial charge in [-0.25, -0.2) is 0 Å². The summed E-state index contributed by atoms with van der Waals surface area (Å²) >= 11 is 1.84. The number of hydrogen-bond acceptors (Lipinski definition) is 2. The highest BCUT2D eigenvalue weighted by Crippen LogP contribution is 2.44. The molecule has 1 saturated carbocycles. The minimum Gasteiger partial charge on any atom is -0.326 e. The maximum atomic E-state index is 5.64. The van der Waals surface area contributed by atoms with Crippen molar-refractivity contribution in [2.45, 2.75) is 32.2 Å². The highest BCUT2D eigenvalue weighted by Gasteiger charge is 2.27. The van der Waals surface area contributed by atoms with Gasteiger partial charge in [-0.2, -0.15) is 0 Å². The molecule has 0 bridgehead atoms. The first-order valence-corrected chi connectivity index (χ1v) is 4.98. The van der Waals surface area contributed by atoms with E-state index < -0.39 is 0 Å². The van der Waals surface area contributed by atoms with Gasteiger partial charge in [0.15, 0.2) is 0 Å². The van der Waals surface area contributed by atoms with Crippen LogP contribution in [0.5, 0.6) is 0 Å². The molecule has 1 aliphatic carbocycles. The Kier molecular flexibility index (Phi) is 1.74. The fourth-order valence-corrected chi connectivity index (χ4v) is 2.56. The van der Waals surface area contributed by atoms with E-state index in [4.69, 9.17) is 5.73 Å². The molecule has 11 heavy (non-hydrogen) atoms. The molecule has 0 radical (unpaired) electrons. The first-order chi connectivity index (χ1) is 5.33. The van der Waals surface area contributed by atoms with E-state index in [0.717, 1.165) is 12.5 Å². The van der Waals surface area contributed by atoms with Gasteiger partial charge in [-0.3, -0.25) is 0 Å². The number of hydrogen-bond donors (Lipinski definition) is 1. The second kappa shape index (κ2) is 2.61. The Labute approximate surface area is 71.2 Å². The third kappa shape index (κ3) is 1.21. The lowest BCUT2D eigenvalue weighted by Crippen LogP contribution is -1.97. The number of aryl methyl sites for hydroxylation is 1. The van der Waals surface area contributed by atoms with Crippen molar-refractivity contribution in [2.75, 3.05) is 0 Å². The first-order valence-electron chi connectivity index (χ1n) is 4.10. The highest BCUT2D eigenvalue weighted by molar-refractivity contribution is 7.10. The molecule has 0 atom stereocenters. The lowest BCUT2D eigenvalue weighted by molar-refractivity contribution is 1.00. The van der Waals surface area contributed by atoms with E-state index in [1.165, 1.54) is 23.3 Å². The molecule has 0 unspecified atom stereocenters. The Balaban J connectivity index is 2.38. The minimum atomic E-state index is 0.718. The molecule has 1 fully saturated rings. The second-order valence-electron chi connectivity index (χ2n) is 3.21. The molecule has 0 spiro atoms. The molecule has 1 aromatic rings. The van der Waals surface area contributed by atoms with E-state index >= 15 is 0 Å². The van der Waals surface area contributed by atoms with E-state index in [0.29, 0.717) is 0 Å². The summed E-state index contributed by atoms with van der Waals surface area (Å²) in [4.78, 5) is 1.48. The topological polar surface area (TPSA) is 26.0 Å². The van der Waals surface area contributed by atoms with Crippen molar-refractivity contribution in [3.63, 3.8) is 0 Å². The van der Waals surface area contributed by atoms with Gasteiger partial charge in [0.05, 0.1) is 0 Å². The summed E-state index contributed by atoms with van der Waals surface area (Å²) in [5, 5.41) is 2.21. The quantitative estimate of drug-likeness (QED) is 0.719. The fourth-order valence-electron chi connectivity index (χ4n) is 1.59. The number of rotatable bonds is 2. The molecule has 1 aromatic heterocycles. The monoisotopic (exact) mass is 167 g/mol. The van der Waals surface area contributed by atoms with E-state index in [1.807, 2.05) is 11.3 Å². The standard InChI is InChI=1S/C9H13NS/c1-6-9(7-2-3-7)8(4-10)5-11-6/h5,7H,2-4,10H2,1H3. The molecule has 2 heteroatoms. The summed E-state index contributed by atoms with van der Waals surface area (Å²) in [7, 11) is 0. The Morgan fingerprint density at radius 3 is 2.91 bits per heavy atom. The van der Waals surface area contributed by atoms with Gasteiger partial charge < -0.3 is 5.73 Å². The van der Waals surface area contributed by atoms with Crippen molar-refractivity contribution in [3.05, 3.63) is 21.4 Å². The normalized spacial score (nSPS) is 17.3. The highest BCUT2D eigenvalue weighted by atomic mass is 32.1. The van der Waals surface area contributed by atoms with E-state index in [9.17, 15) is 0 Å². The van der Waals surface area contributed by atoms with E-state index in [2.05, 4.69) is 12.3 Å². The Bertz CT molecular complexity index is 261. The maximum absolute atomic E-state index is 5.64. The SMILES string of the molecule is Cc1scc(CN)c1C1CC1. The summed E-state index contributed by atoms with van der Waals surface area (Å²) < 4.78 is 0. The Hall–Kier alpha value is -0.340. The van der Waals surface area contributed by atoms with Crippen LogP contribution in [0, 0.1) is 6.92 Å². The van der Waals surface area contributed by atoms with Crippen LogP contribution in [0.3, 0.4) is 0 Å². The van der Waals surface area contributed by atoms with Crippen molar-refractivity contribution in [1.82, 2.24) is 0 Å². The first kappa shape index (κ1) is 7.32. The molecule has 2 rings (SSSR count). The minimum absolute atomic E-state index is 0.718. The van der Waals surface area contributed by atoms with Crippen LogP contribution in [0.25, 0.3) is 0 Å². The molecule has 1 nitrogen and oxygen atoms in total. The largest absolute Gasteiger partial charge is 0.326 e. The summed E-state index contributed by atoms with van der Waals surface area (Å²) in [6.07, 6.45) is 2.76. The lowest BCUT2D eigenvalue weighted by Gasteiger charge is -1.99. The average Bonchev–Trinajstić information content (AvgIpc) is 2.76. The van der Waals surface area contributed by atoms with Crippen LogP contribution < -0.4 is 5.73 Å². The predicted molar refractivity (Wildman–Crippen MR) is 48.9 cm³/mol. The smallest absolute Gasteiger partial charge is 0.0189 e. The lowest BCUT2D eigenvalue weighted by atomic mass is 10.1. The van der Waals surface area contributed by atoms with Crippen LogP contribution in [0.2, 0.25) is 0 Å². The van der Waals surface area contributed by atoms with E-state index in [-0.39, 0.29) is 0 Å². The van der Waals surface area contributed by atoms with Gasteiger partial charge in [0.25, 0.3) is 0 Å². The van der Waals surface area contributed by atoms with Crippen LogP contribution in [-0.2, 0) is 6.54 Å². The third-order valence-electron chi connectivity index (χ3n) is 2.31. The third-order valence-corrected chi connectivity index (χ3v) is 3.28. The molecule has 1 heterocycles. The zero-order chi connectivity index (χ0) is 7.84. The number of nitrogens with two attached hydrogens (primary N) is 1. The molecule has 0 aliphatic heterocycles. The summed E-state index contributed by atoms with van der Waals surface area (Å²) in [5.41, 5.74) is 8.59. The van der Waals surface area contributed by atoms with Gasteiger partial charge in [0, 0.05) is 11.4 Å². The van der Waals surface area contributed by atoms with Gasteiger partial charge in [-0.05, 0) is 42.2 Å². The van der Waals surface area contributed by atoms with Gasteiger partial charge in [0.2, 0.25) is 0 Å². The van der Waals surface area contributed by atoms with Crippen LogP contribution in [0.4, 0.5) is 0 Å². The predicted octanol–water partition coefficient (Wildman–Crippen LogP) is 2.39. The van der Waals surface area contributed by atoms with Gasteiger partial charge >= 0.3 is 0 Å². The molecule has 2 N–H and O–H groups in total. The van der Waals surface area contributed by atoms with Gasteiger partial charge in [-0.15, -0.1) is 11.3 Å². The van der Waals surface area contributed by atoms with Crippen LogP contribution in [0.1, 0.15) is 34.8 Å². The zero-order valence-electron chi connectivity index (χ0n) is 6.76. The van der Waals surface area contributed by atoms with Crippen LogP contribution in [0.15, 0.2) is 5.38 Å². The van der Waals surface area contributed by atoms with Gasteiger partial charge in [-0.1, -0.05) is 0 Å².